The lowest BCUT2D eigenvalue weighted by Gasteiger charge is -2.11. The highest BCUT2D eigenvalue weighted by Crippen LogP contribution is 2.28. The van der Waals surface area contributed by atoms with Crippen LogP contribution in [0.2, 0.25) is 0 Å². The zero-order valence-corrected chi connectivity index (χ0v) is 21.4. The molecule has 6 nitrogen and oxygen atoms in total. The third-order valence-electron chi connectivity index (χ3n) is 4.29. The standard InChI is InChI=1S/C15H27ClN2O.C7H7F3N2.C2H4O/c1-5-10-19-11-8-7-9-15(18-12-16)14(6-2)13(3)17-4;8-7(9,10)6-1-5(2-11)3-12-4-6;1-2-3/h4-12H2,1-3H3;1,3-4H,2,11H2;2H,1H3/b14-13-,18-15-;;. The van der Waals surface area contributed by atoms with Gasteiger partial charge in [-0.15, -0.1) is 11.6 Å². The molecule has 1 aromatic rings. The molecule has 0 aliphatic heterocycles. The number of aromatic nitrogens is 1. The van der Waals surface area contributed by atoms with Gasteiger partial charge in [0.15, 0.2) is 0 Å². The predicted octanol–water partition coefficient (Wildman–Crippen LogP) is 6.37. The molecule has 2 N–H and O–H groups in total. The highest BCUT2D eigenvalue weighted by molar-refractivity contribution is 6.18. The summed E-state index contributed by atoms with van der Waals surface area (Å²) in [4.78, 5) is 20.6. The molecule has 34 heavy (non-hydrogen) atoms. The Hall–Kier alpha value is -2.10. The Labute approximate surface area is 206 Å². The summed E-state index contributed by atoms with van der Waals surface area (Å²) in [5, 5.41) is 0. The van der Waals surface area contributed by atoms with Crippen molar-refractivity contribution in [3.8, 4) is 0 Å². The molecule has 1 heterocycles. The smallest absolute Gasteiger partial charge is 0.381 e. The van der Waals surface area contributed by atoms with Gasteiger partial charge in [-0.25, -0.2) is 0 Å². The topological polar surface area (TPSA) is 89.9 Å². The van der Waals surface area contributed by atoms with Crippen LogP contribution in [0.4, 0.5) is 13.2 Å². The summed E-state index contributed by atoms with van der Waals surface area (Å²) in [5.41, 5.74) is 7.97. The van der Waals surface area contributed by atoms with Crippen molar-refractivity contribution in [1.82, 2.24) is 4.98 Å². The Balaban J connectivity index is 0. The normalized spacial score (nSPS) is 12.0. The fourth-order valence-electron chi connectivity index (χ4n) is 2.66. The van der Waals surface area contributed by atoms with E-state index >= 15 is 0 Å². The van der Waals surface area contributed by atoms with Gasteiger partial charge in [-0.1, -0.05) is 13.8 Å². The maximum Gasteiger partial charge on any atom is 0.417 e. The lowest BCUT2D eigenvalue weighted by Crippen LogP contribution is -2.07. The van der Waals surface area contributed by atoms with Gasteiger partial charge in [0.1, 0.15) is 12.3 Å². The highest BCUT2D eigenvalue weighted by Gasteiger charge is 2.30. The lowest BCUT2D eigenvalue weighted by atomic mass is 10.0. The summed E-state index contributed by atoms with van der Waals surface area (Å²) in [6.07, 6.45) is 3.54. The van der Waals surface area contributed by atoms with Crippen molar-refractivity contribution >= 4 is 30.3 Å². The molecular formula is C24H38ClF3N4O2. The largest absolute Gasteiger partial charge is 0.417 e. The second-order valence-electron chi connectivity index (χ2n) is 6.89. The predicted molar refractivity (Wildman–Crippen MR) is 135 cm³/mol. The molecule has 0 amide bonds. The van der Waals surface area contributed by atoms with Crippen LogP contribution >= 0.6 is 11.6 Å². The van der Waals surface area contributed by atoms with Gasteiger partial charge >= 0.3 is 6.18 Å². The van der Waals surface area contributed by atoms with E-state index in [0.29, 0.717) is 11.6 Å². The van der Waals surface area contributed by atoms with Crippen LogP contribution < -0.4 is 5.73 Å². The van der Waals surface area contributed by atoms with E-state index in [-0.39, 0.29) is 6.54 Å². The minimum absolute atomic E-state index is 0.0664. The van der Waals surface area contributed by atoms with E-state index in [1.165, 1.54) is 18.7 Å². The van der Waals surface area contributed by atoms with Gasteiger partial charge in [-0.05, 0) is 69.9 Å². The Morgan fingerprint density at radius 3 is 2.38 bits per heavy atom. The number of ether oxygens (including phenoxy) is 1. The molecule has 0 aromatic carbocycles. The molecule has 0 fully saturated rings. The van der Waals surface area contributed by atoms with E-state index < -0.39 is 11.7 Å². The second-order valence-corrected chi connectivity index (χ2v) is 7.13. The Morgan fingerprint density at radius 1 is 1.26 bits per heavy atom. The average molecular weight is 507 g/mol. The number of alkyl halides is 4. The third-order valence-corrected chi connectivity index (χ3v) is 4.40. The zero-order chi connectivity index (χ0) is 26.4. The minimum atomic E-state index is -4.34. The second kappa shape index (κ2) is 21.4. The Kier molecular flexibility index (Phi) is 21.5. The summed E-state index contributed by atoms with van der Waals surface area (Å²) < 4.78 is 41.5. The number of pyridine rings is 1. The third kappa shape index (κ3) is 16.5. The molecule has 0 bridgehead atoms. The average Bonchev–Trinajstić information content (AvgIpc) is 2.82. The van der Waals surface area contributed by atoms with Crippen molar-refractivity contribution in [3.05, 3.63) is 40.9 Å². The molecule has 1 aromatic heterocycles. The van der Waals surface area contributed by atoms with Crippen LogP contribution in [0.5, 0.6) is 0 Å². The number of unbranched alkanes of at least 4 members (excludes halogenated alkanes) is 1. The van der Waals surface area contributed by atoms with E-state index in [1.54, 1.807) is 0 Å². The Bertz CT molecular complexity index is 754. The van der Waals surface area contributed by atoms with Gasteiger partial charge in [0.25, 0.3) is 0 Å². The number of hydrogen-bond donors (Lipinski definition) is 1. The SMILES string of the molecule is C=N/C(C)=C(CC)\C(CCCCOCCC)=N/CCl.CC=O.NCc1cncc(C(F)(F)F)c1. The van der Waals surface area contributed by atoms with Crippen LogP contribution in [-0.2, 0) is 22.3 Å². The van der Waals surface area contributed by atoms with E-state index in [1.807, 2.05) is 6.92 Å². The number of nitrogens with two attached hydrogens (primary N) is 1. The van der Waals surface area contributed by atoms with Crippen LogP contribution in [0.3, 0.4) is 0 Å². The number of aliphatic imine (C=N–C) groups is 2. The maximum absolute atomic E-state index is 12.0. The van der Waals surface area contributed by atoms with Crippen molar-refractivity contribution in [2.24, 2.45) is 15.7 Å². The lowest BCUT2D eigenvalue weighted by molar-refractivity contribution is -0.137. The number of hydrogen-bond acceptors (Lipinski definition) is 6. The maximum atomic E-state index is 12.0. The number of halogens is 4. The first-order chi connectivity index (χ1) is 16.2. The summed E-state index contributed by atoms with van der Waals surface area (Å²) in [6.45, 7) is 13.0. The molecular weight excluding hydrogens is 469 g/mol. The van der Waals surface area contributed by atoms with Gasteiger partial charge in [-0.3, -0.25) is 15.0 Å². The van der Waals surface area contributed by atoms with Gasteiger partial charge in [0.2, 0.25) is 0 Å². The summed E-state index contributed by atoms with van der Waals surface area (Å²) in [5.74, 6) is 0. The monoisotopic (exact) mass is 506 g/mol. The molecule has 0 aliphatic rings. The van der Waals surface area contributed by atoms with Crippen LogP contribution in [0, 0.1) is 0 Å². The molecule has 0 aliphatic carbocycles. The molecule has 0 saturated carbocycles. The molecule has 1 rings (SSSR count). The number of carbonyl (C=O) groups is 1. The van der Waals surface area contributed by atoms with E-state index in [0.717, 1.165) is 75.3 Å². The zero-order valence-electron chi connectivity index (χ0n) is 20.6. The van der Waals surface area contributed by atoms with E-state index in [2.05, 4.69) is 35.5 Å². The van der Waals surface area contributed by atoms with Crippen molar-refractivity contribution in [1.29, 1.82) is 0 Å². The molecule has 0 radical (unpaired) electrons. The van der Waals surface area contributed by atoms with E-state index in [4.69, 9.17) is 26.9 Å². The van der Waals surface area contributed by atoms with Crippen molar-refractivity contribution < 1.29 is 22.7 Å². The van der Waals surface area contributed by atoms with Gasteiger partial charge in [-0.2, -0.15) is 13.2 Å². The molecule has 194 valence electrons. The molecule has 0 saturated heterocycles. The van der Waals surface area contributed by atoms with E-state index in [9.17, 15) is 13.2 Å². The summed E-state index contributed by atoms with van der Waals surface area (Å²) in [7, 11) is 0. The van der Waals surface area contributed by atoms with Crippen molar-refractivity contribution in [2.75, 3.05) is 19.2 Å². The van der Waals surface area contributed by atoms with Gasteiger partial charge in [0.05, 0.1) is 5.56 Å². The quantitative estimate of drug-likeness (QED) is 0.117. The van der Waals surface area contributed by atoms with Gasteiger partial charge < -0.3 is 15.3 Å². The highest BCUT2D eigenvalue weighted by atomic mass is 35.5. The molecule has 0 spiro atoms. The fourth-order valence-corrected chi connectivity index (χ4v) is 2.80. The summed E-state index contributed by atoms with van der Waals surface area (Å²) in [6, 6.07) is 1.29. The number of carbonyl (C=O) groups excluding carboxylic acids is 1. The van der Waals surface area contributed by atoms with Crippen molar-refractivity contribution in [2.45, 2.75) is 72.5 Å². The number of nitrogens with zero attached hydrogens (tertiary/aromatic N) is 3. The van der Waals surface area contributed by atoms with Crippen LogP contribution in [0.15, 0.2) is 39.7 Å². The number of rotatable bonds is 12. The number of allylic oxidation sites excluding steroid dienone is 2. The van der Waals surface area contributed by atoms with Crippen LogP contribution in [0.1, 0.15) is 70.9 Å². The van der Waals surface area contributed by atoms with Crippen LogP contribution in [0.25, 0.3) is 0 Å². The summed E-state index contributed by atoms with van der Waals surface area (Å²) >= 11 is 5.75. The first-order valence-corrected chi connectivity index (χ1v) is 11.6. The van der Waals surface area contributed by atoms with Crippen LogP contribution in [-0.4, -0.2) is 42.9 Å². The van der Waals surface area contributed by atoms with Crippen molar-refractivity contribution in [3.63, 3.8) is 0 Å². The van der Waals surface area contributed by atoms with Gasteiger partial charge in [0, 0.05) is 43.6 Å². The first-order valence-electron chi connectivity index (χ1n) is 11.1. The molecule has 10 heteroatoms. The first kappa shape index (κ1) is 34.1. The Morgan fingerprint density at radius 2 is 1.91 bits per heavy atom. The number of aldehydes is 1. The molecule has 0 atom stereocenters. The fraction of sp³-hybridized carbons (Fsp3) is 0.583. The minimum Gasteiger partial charge on any atom is -0.381 e. The molecule has 0 unspecified atom stereocenters.